The highest BCUT2D eigenvalue weighted by Crippen LogP contribution is 2.31. The van der Waals surface area contributed by atoms with Crippen LogP contribution >= 0.6 is 0 Å². The van der Waals surface area contributed by atoms with E-state index in [0.717, 1.165) is 11.5 Å². The maximum atomic E-state index is 5.96. The van der Waals surface area contributed by atoms with Gasteiger partial charge in [-0.25, -0.2) is 0 Å². The minimum absolute atomic E-state index is 0.484. The zero-order valence-corrected chi connectivity index (χ0v) is 17.2. The van der Waals surface area contributed by atoms with E-state index in [1.54, 1.807) is 14.2 Å². The molecule has 0 saturated heterocycles. The van der Waals surface area contributed by atoms with Crippen molar-refractivity contribution in [3.05, 3.63) is 72.8 Å². The fraction of sp³-hybridized carbons (Fsp3) is 0.250. The van der Waals surface area contributed by atoms with E-state index in [1.807, 2.05) is 72.8 Å². The van der Waals surface area contributed by atoms with E-state index in [9.17, 15) is 0 Å². The van der Waals surface area contributed by atoms with Crippen molar-refractivity contribution in [3.63, 3.8) is 0 Å². The van der Waals surface area contributed by atoms with Crippen LogP contribution in [0, 0.1) is 0 Å². The van der Waals surface area contributed by atoms with Crippen LogP contribution in [0.15, 0.2) is 72.8 Å². The largest absolute Gasteiger partial charge is 0.491 e. The summed E-state index contributed by atoms with van der Waals surface area (Å²) in [7, 11) is 3.28. The molecule has 30 heavy (non-hydrogen) atoms. The lowest BCUT2D eigenvalue weighted by atomic mass is 10.3. The van der Waals surface area contributed by atoms with Gasteiger partial charge < -0.3 is 28.4 Å². The third-order valence-electron chi connectivity index (χ3n) is 4.00. The zero-order chi connectivity index (χ0) is 21.0. The van der Waals surface area contributed by atoms with Gasteiger partial charge >= 0.3 is 0 Å². The summed E-state index contributed by atoms with van der Waals surface area (Å²) in [5.41, 5.74) is 0. The molecule has 0 saturated carbocycles. The quantitative estimate of drug-likeness (QED) is 0.377. The molecule has 0 bridgehead atoms. The first-order valence-corrected chi connectivity index (χ1v) is 9.66. The lowest BCUT2D eigenvalue weighted by molar-refractivity contribution is 0.146. The highest BCUT2D eigenvalue weighted by atomic mass is 16.5. The monoisotopic (exact) mass is 410 g/mol. The molecule has 0 aliphatic carbocycles. The van der Waals surface area contributed by atoms with Crippen molar-refractivity contribution >= 4 is 0 Å². The minimum atomic E-state index is 0.484. The Balaban J connectivity index is 1.62. The van der Waals surface area contributed by atoms with Crippen LogP contribution in [0.5, 0.6) is 34.5 Å². The predicted octanol–water partition coefficient (Wildman–Crippen LogP) is 5.32. The molecule has 6 heteroatoms. The van der Waals surface area contributed by atoms with Crippen LogP contribution in [0.3, 0.4) is 0 Å². The maximum absolute atomic E-state index is 5.96. The second kappa shape index (κ2) is 11.7. The Morgan fingerprint density at radius 1 is 0.467 bits per heavy atom. The van der Waals surface area contributed by atoms with Gasteiger partial charge in [0.2, 0.25) is 0 Å². The standard InChI is InChI=1S/C24H26O6/c1-25-12-14-27-19-6-3-8-21(16-19)29-23-10-5-11-24(18-23)30-22-9-4-7-20(17-22)28-15-13-26-2/h3-11,16-18H,12-15H2,1-2H3. The molecular weight excluding hydrogens is 384 g/mol. The van der Waals surface area contributed by atoms with Crippen molar-refractivity contribution in [1.29, 1.82) is 0 Å². The summed E-state index contributed by atoms with van der Waals surface area (Å²) in [5.74, 6) is 4.12. The normalized spacial score (nSPS) is 10.5. The van der Waals surface area contributed by atoms with Gasteiger partial charge in [-0.3, -0.25) is 0 Å². The number of ether oxygens (including phenoxy) is 6. The molecule has 158 valence electrons. The van der Waals surface area contributed by atoms with Crippen molar-refractivity contribution in [3.8, 4) is 34.5 Å². The van der Waals surface area contributed by atoms with E-state index in [1.165, 1.54) is 0 Å². The molecule has 0 spiro atoms. The number of methoxy groups -OCH3 is 2. The molecule has 3 rings (SSSR count). The zero-order valence-electron chi connectivity index (χ0n) is 17.2. The van der Waals surface area contributed by atoms with Gasteiger partial charge in [0.1, 0.15) is 47.7 Å². The highest BCUT2D eigenvalue weighted by molar-refractivity contribution is 5.42. The van der Waals surface area contributed by atoms with Gasteiger partial charge in [0.15, 0.2) is 0 Å². The van der Waals surface area contributed by atoms with Crippen LogP contribution < -0.4 is 18.9 Å². The Morgan fingerprint density at radius 3 is 1.17 bits per heavy atom. The molecular formula is C24H26O6. The summed E-state index contributed by atoms with van der Waals surface area (Å²) in [5, 5.41) is 0. The molecule has 0 aliphatic rings. The fourth-order valence-electron chi connectivity index (χ4n) is 2.61. The van der Waals surface area contributed by atoms with Gasteiger partial charge in [-0.05, 0) is 36.4 Å². The Bertz CT molecular complexity index is 841. The molecule has 0 atom stereocenters. The van der Waals surface area contributed by atoms with Gasteiger partial charge in [-0.2, -0.15) is 0 Å². The molecule has 0 aliphatic heterocycles. The predicted molar refractivity (Wildman–Crippen MR) is 114 cm³/mol. The van der Waals surface area contributed by atoms with Gasteiger partial charge in [0, 0.05) is 32.4 Å². The Kier molecular flexibility index (Phi) is 8.38. The van der Waals surface area contributed by atoms with Gasteiger partial charge in [-0.1, -0.05) is 18.2 Å². The Hall–Kier alpha value is -3.22. The van der Waals surface area contributed by atoms with Crippen LogP contribution in [0.25, 0.3) is 0 Å². The molecule has 0 N–H and O–H groups in total. The average molecular weight is 410 g/mol. The number of rotatable bonds is 12. The lowest BCUT2D eigenvalue weighted by Crippen LogP contribution is -2.04. The number of hydrogen-bond acceptors (Lipinski definition) is 6. The smallest absolute Gasteiger partial charge is 0.131 e. The van der Waals surface area contributed by atoms with E-state index < -0.39 is 0 Å². The molecule has 6 nitrogen and oxygen atoms in total. The number of hydrogen-bond donors (Lipinski definition) is 0. The molecule has 0 fully saturated rings. The van der Waals surface area contributed by atoms with Crippen molar-refractivity contribution in [2.75, 3.05) is 40.6 Å². The van der Waals surface area contributed by atoms with Crippen molar-refractivity contribution in [1.82, 2.24) is 0 Å². The fourth-order valence-corrected chi connectivity index (χ4v) is 2.61. The van der Waals surface area contributed by atoms with Gasteiger partial charge in [-0.15, -0.1) is 0 Å². The highest BCUT2D eigenvalue weighted by Gasteiger charge is 2.04. The molecule has 0 unspecified atom stereocenters. The third kappa shape index (κ3) is 6.99. The third-order valence-corrected chi connectivity index (χ3v) is 4.00. The summed E-state index contributed by atoms with van der Waals surface area (Å²) in [6.07, 6.45) is 0. The van der Waals surface area contributed by atoms with E-state index in [-0.39, 0.29) is 0 Å². The summed E-state index contributed by atoms with van der Waals surface area (Å²) in [4.78, 5) is 0. The topological polar surface area (TPSA) is 55.4 Å². The second-order valence-corrected chi connectivity index (χ2v) is 6.31. The number of benzene rings is 3. The SMILES string of the molecule is COCCOc1cccc(Oc2cccc(Oc3cccc(OCCOC)c3)c2)c1. The summed E-state index contributed by atoms with van der Waals surface area (Å²) < 4.78 is 33.2. The first-order valence-electron chi connectivity index (χ1n) is 9.66. The Morgan fingerprint density at radius 2 is 0.800 bits per heavy atom. The summed E-state index contributed by atoms with van der Waals surface area (Å²) in [6, 6.07) is 22.4. The van der Waals surface area contributed by atoms with Crippen molar-refractivity contribution in [2.45, 2.75) is 0 Å². The lowest BCUT2D eigenvalue weighted by Gasteiger charge is -2.11. The molecule has 3 aromatic rings. The van der Waals surface area contributed by atoms with Gasteiger partial charge in [0.25, 0.3) is 0 Å². The van der Waals surface area contributed by atoms with Crippen LogP contribution in [0.4, 0.5) is 0 Å². The van der Waals surface area contributed by atoms with Gasteiger partial charge in [0.05, 0.1) is 13.2 Å². The van der Waals surface area contributed by atoms with Crippen LogP contribution in [0.2, 0.25) is 0 Å². The molecule has 0 aromatic heterocycles. The van der Waals surface area contributed by atoms with E-state index in [4.69, 9.17) is 28.4 Å². The first-order chi connectivity index (χ1) is 14.8. The molecule has 0 amide bonds. The van der Waals surface area contributed by atoms with E-state index in [2.05, 4.69) is 0 Å². The van der Waals surface area contributed by atoms with E-state index >= 15 is 0 Å². The van der Waals surface area contributed by atoms with Crippen molar-refractivity contribution < 1.29 is 28.4 Å². The average Bonchev–Trinajstić information content (AvgIpc) is 2.75. The van der Waals surface area contributed by atoms with Crippen LogP contribution in [-0.2, 0) is 9.47 Å². The van der Waals surface area contributed by atoms with E-state index in [0.29, 0.717) is 49.4 Å². The first kappa shape index (κ1) is 21.5. The van der Waals surface area contributed by atoms with Crippen molar-refractivity contribution in [2.24, 2.45) is 0 Å². The Labute approximate surface area is 176 Å². The summed E-state index contributed by atoms with van der Waals surface area (Å²) in [6.45, 7) is 2.03. The maximum Gasteiger partial charge on any atom is 0.131 e. The molecule has 0 radical (unpaired) electrons. The van der Waals surface area contributed by atoms with Crippen LogP contribution in [0.1, 0.15) is 0 Å². The second-order valence-electron chi connectivity index (χ2n) is 6.31. The minimum Gasteiger partial charge on any atom is -0.491 e. The summed E-state index contributed by atoms with van der Waals surface area (Å²) >= 11 is 0. The molecule has 0 heterocycles. The molecule has 3 aromatic carbocycles. The van der Waals surface area contributed by atoms with Crippen LogP contribution in [-0.4, -0.2) is 40.6 Å².